The first-order chi connectivity index (χ1) is 5.83. The van der Waals surface area contributed by atoms with Crippen LogP contribution in [0.3, 0.4) is 0 Å². The number of rotatable bonds is 4. The molecule has 0 bridgehead atoms. The van der Waals surface area contributed by atoms with Crippen molar-refractivity contribution in [1.82, 2.24) is 5.32 Å². The molecule has 1 fully saturated rings. The average Bonchev–Trinajstić information content (AvgIpc) is 2.16. The SMILES string of the molecule is C=CC(=C)NCC1CCCCC1. The highest BCUT2D eigenvalue weighted by Crippen LogP contribution is 2.22. The molecule has 1 heteroatoms. The van der Waals surface area contributed by atoms with Gasteiger partial charge in [-0.3, -0.25) is 0 Å². The van der Waals surface area contributed by atoms with Crippen molar-refractivity contribution in [2.24, 2.45) is 5.92 Å². The molecule has 0 atom stereocenters. The lowest BCUT2D eigenvalue weighted by atomic mass is 9.89. The zero-order chi connectivity index (χ0) is 8.81. The fourth-order valence-electron chi connectivity index (χ4n) is 1.74. The van der Waals surface area contributed by atoms with Crippen molar-refractivity contribution >= 4 is 0 Å². The first-order valence-electron chi connectivity index (χ1n) is 4.88. The molecular weight excluding hydrogens is 146 g/mol. The van der Waals surface area contributed by atoms with Crippen LogP contribution < -0.4 is 5.32 Å². The van der Waals surface area contributed by atoms with Crippen molar-refractivity contribution in [2.45, 2.75) is 32.1 Å². The van der Waals surface area contributed by atoms with Crippen molar-refractivity contribution in [1.29, 1.82) is 0 Å². The maximum atomic E-state index is 3.83. The Labute approximate surface area is 75.6 Å². The van der Waals surface area contributed by atoms with Crippen molar-refractivity contribution in [3.8, 4) is 0 Å². The normalized spacial score (nSPS) is 18.7. The number of allylic oxidation sites excluding steroid dienone is 1. The lowest BCUT2D eigenvalue weighted by Gasteiger charge is -2.22. The number of hydrogen-bond acceptors (Lipinski definition) is 1. The first-order valence-corrected chi connectivity index (χ1v) is 4.88. The minimum Gasteiger partial charge on any atom is -0.385 e. The highest BCUT2D eigenvalue weighted by atomic mass is 14.9. The van der Waals surface area contributed by atoms with Gasteiger partial charge in [0, 0.05) is 12.2 Å². The van der Waals surface area contributed by atoms with Gasteiger partial charge in [0.2, 0.25) is 0 Å². The monoisotopic (exact) mass is 165 g/mol. The third-order valence-corrected chi connectivity index (χ3v) is 2.59. The smallest absolute Gasteiger partial charge is 0.0261 e. The van der Waals surface area contributed by atoms with E-state index in [1.807, 2.05) is 0 Å². The molecule has 1 rings (SSSR count). The average molecular weight is 165 g/mol. The Balaban J connectivity index is 2.12. The molecule has 68 valence electrons. The summed E-state index contributed by atoms with van der Waals surface area (Å²) in [5.74, 6) is 0.871. The summed E-state index contributed by atoms with van der Waals surface area (Å²) in [6.45, 7) is 8.58. The minimum atomic E-state index is 0.871. The van der Waals surface area contributed by atoms with Gasteiger partial charge in [-0.15, -0.1) is 0 Å². The molecule has 1 saturated carbocycles. The van der Waals surface area contributed by atoms with Gasteiger partial charge < -0.3 is 5.32 Å². The number of nitrogens with one attached hydrogen (secondary N) is 1. The Kier molecular flexibility index (Phi) is 3.92. The summed E-state index contributed by atoms with van der Waals surface area (Å²) in [4.78, 5) is 0. The lowest BCUT2D eigenvalue weighted by molar-refractivity contribution is 0.352. The maximum absolute atomic E-state index is 3.83. The summed E-state index contributed by atoms with van der Waals surface area (Å²) < 4.78 is 0. The second-order valence-electron chi connectivity index (χ2n) is 3.61. The molecule has 0 aromatic heterocycles. The predicted octanol–water partition coefficient (Wildman–Crippen LogP) is 2.86. The standard InChI is InChI=1S/C11H19N/c1-3-10(2)12-9-11-7-5-4-6-8-11/h3,11-12H,1-2,4-9H2. The summed E-state index contributed by atoms with van der Waals surface area (Å²) in [5.41, 5.74) is 0.959. The minimum absolute atomic E-state index is 0.871. The molecule has 1 aliphatic rings. The van der Waals surface area contributed by atoms with E-state index in [1.165, 1.54) is 32.1 Å². The Hall–Kier alpha value is -0.720. The van der Waals surface area contributed by atoms with Crippen LogP contribution in [0.25, 0.3) is 0 Å². The Bertz CT molecular complexity index is 154. The van der Waals surface area contributed by atoms with Gasteiger partial charge >= 0.3 is 0 Å². The molecule has 0 radical (unpaired) electrons. The quantitative estimate of drug-likeness (QED) is 0.632. The largest absolute Gasteiger partial charge is 0.385 e. The van der Waals surface area contributed by atoms with Gasteiger partial charge in [0.1, 0.15) is 0 Å². The van der Waals surface area contributed by atoms with E-state index in [9.17, 15) is 0 Å². The summed E-state index contributed by atoms with van der Waals surface area (Å²) in [6.07, 6.45) is 8.80. The van der Waals surface area contributed by atoms with Gasteiger partial charge in [0.15, 0.2) is 0 Å². The van der Waals surface area contributed by atoms with Gasteiger partial charge in [-0.1, -0.05) is 32.4 Å². The predicted molar refractivity (Wildman–Crippen MR) is 53.9 cm³/mol. The fraction of sp³-hybridized carbons (Fsp3) is 0.636. The second kappa shape index (κ2) is 5.02. The summed E-state index contributed by atoms with van der Waals surface area (Å²) in [6, 6.07) is 0. The molecule has 0 amide bonds. The second-order valence-corrected chi connectivity index (χ2v) is 3.61. The van der Waals surface area contributed by atoms with Crippen LogP contribution in [0.1, 0.15) is 32.1 Å². The first kappa shape index (κ1) is 9.37. The molecule has 12 heavy (non-hydrogen) atoms. The van der Waals surface area contributed by atoms with Crippen LogP contribution in [0.4, 0.5) is 0 Å². The summed E-state index contributed by atoms with van der Waals surface area (Å²) >= 11 is 0. The van der Waals surface area contributed by atoms with E-state index in [4.69, 9.17) is 0 Å². The molecule has 0 aliphatic heterocycles. The molecule has 1 N–H and O–H groups in total. The van der Waals surface area contributed by atoms with Crippen molar-refractivity contribution < 1.29 is 0 Å². The van der Waals surface area contributed by atoms with E-state index in [2.05, 4.69) is 18.5 Å². The fourth-order valence-corrected chi connectivity index (χ4v) is 1.74. The molecule has 0 heterocycles. The highest BCUT2D eigenvalue weighted by Gasteiger charge is 2.12. The van der Waals surface area contributed by atoms with E-state index in [0.29, 0.717) is 0 Å². The van der Waals surface area contributed by atoms with Gasteiger partial charge in [-0.25, -0.2) is 0 Å². The Morgan fingerprint density at radius 1 is 1.33 bits per heavy atom. The third-order valence-electron chi connectivity index (χ3n) is 2.59. The lowest BCUT2D eigenvalue weighted by Crippen LogP contribution is -2.22. The molecule has 1 nitrogen and oxygen atoms in total. The van der Waals surface area contributed by atoms with Crippen molar-refractivity contribution in [3.63, 3.8) is 0 Å². The van der Waals surface area contributed by atoms with Crippen LogP contribution in [-0.4, -0.2) is 6.54 Å². The van der Waals surface area contributed by atoms with E-state index in [-0.39, 0.29) is 0 Å². The van der Waals surface area contributed by atoms with Crippen LogP contribution in [-0.2, 0) is 0 Å². The van der Waals surface area contributed by atoms with Gasteiger partial charge in [-0.05, 0) is 24.8 Å². The molecule has 0 spiro atoms. The zero-order valence-corrected chi connectivity index (χ0v) is 7.81. The van der Waals surface area contributed by atoms with E-state index in [0.717, 1.165) is 18.2 Å². The van der Waals surface area contributed by atoms with Crippen LogP contribution in [0.5, 0.6) is 0 Å². The molecule has 0 unspecified atom stereocenters. The molecule has 1 aliphatic carbocycles. The van der Waals surface area contributed by atoms with E-state index < -0.39 is 0 Å². The molecule has 0 saturated heterocycles. The highest BCUT2D eigenvalue weighted by molar-refractivity contribution is 5.08. The Morgan fingerprint density at radius 2 is 2.00 bits per heavy atom. The van der Waals surface area contributed by atoms with Crippen LogP contribution in [0.2, 0.25) is 0 Å². The molecule has 0 aromatic carbocycles. The van der Waals surface area contributed by atoms with Crippen LogP contribution in [0.15, 0.2) is 24.9 Å². The van der Waals surface area contributed by atoms with Crippen LogP contribution >= 0.6 is 0 Å². The molecule has 0 aromatic rings. The van der Waals surface area contributed by atoms with Crippen molar-refractivity contribution in [2.75, 3.05) is 6.54 Å². The topological polar surface area (TPSA) is 12.0 Å². The summed E-state index contributed by atoms with van der Waals surface area (Å²) in [5, 5.41) is 3.29. The Morgan fingerprint density at radius 3 is 2.58 bits per heavy atom. The van der Waals surface area contributed by atoms with Gasteiger partial charge in [0.25, 0.3) is 0 Å². The van der Waals surface area contributed by atoms with Gasteiger partial charge in [0.05, 0.1) is 0 Å². The molecular formula is C11H19N. The summed E-state index contributed by atoms with van der Waals surface area (Å²) in [7, 11) is 0. The zero-order valence-electron chi connectivity index (χ0n) is 7.81. The maximum Gasteiger partial charge on any atom is 0.0261 e. The third kappa shape index (κ3) is 3.12. The number of hydrogen-bond donors (Lipinski definition) is 1. The van der Waals surface area contributed by atoms with Gasteiger partial charge in [-0.2, -0.15) is 0 Å². The van der Waals surface area contributed by atoms with E-state index >= 15 is 0 Å². The van der Waals surface area contributed by atoms with E-state index in [1.54, 1.807) is 6.08 Å². The van der Waals surface area contributed by atoms with Crippen LogP contribution in [0, 0.1) is 5.92 Å². The van der Waals surface area contributed by atoms with Crippen molar-refractivity contribution in [3.05, 3.63) is 24.9 Å².